The molecule has 36 heavy (non-hydrogen) atoms. The third-order valence-electron chi connectivity index (χ3n) is 6.41. The summed E-state index contributed by atoms with van der Waals surface area (Å²) >= 11 is 7.43. The Kier molecular flexibility index (Phi) is 7.11. The minimum Gasteiger partial charge on any atom is -0.334 e. The van der Waals surface area contributed by atoms with Gasteiger partial charge in [-0.1, -0.05) is 29.8 Å². The fraction of sp³-hybridized carbons (Fsp3) is 0.320. The molecule has 8 nitrogen and oxygen atoms in total. The Morgan fingerprint density at radius 2 is 1.83 bits per heavy atom. The molecule has 2 aromatic carbocycles. The molecule has 0 spiro atoms. The van der Waals surface area contributed by atoms with Crippen LogP contribution in [0.1, 0.15) is 28.0 Å². The first-order valence-electron chi connectivity index (χ1n) is 11.7. The lowest BCUT2D eigenvalue weighted by Gasteiger charge is -2.33. The Balaban J connectivity index is 1.23. The van der Waals surface area contributed by atoms with Crippen LogP contribution in [0.3, 0.4) is 0 Å². The molecule has 0 radical (unpaired) electrons. The largest absolute Gasteiger partial charge is 0.334 e. The van der Waals surface area contributed by atoms with Crippen molar-refractivity contribution in [2.75, 3.05) is 39.3 Å². The molecule has 1 fully saturated rings. The van der Waals surface area contributed by atoms with Crippen LogP contribution in [0.2, 0.25) is 5.02 Å². The van der Waals surface area contributed by atoms with Gasteiger partial charge in [-0.25, -0.2) is 13.4 Å². The van der Waals surface area contributed by atoms with Gasteiger partial charge in [0.15, 0.2) is 5.01 Å². The second-order valence-electron chi connectivity index (χ2n) is 8.64. The molecule has 0 aliphatic carbocycles. The number of thiazole rings is 1. The molecule has 3 heterocycles. The maximum absolute atomic E-state index is 13.3. The average Bonchev–Trinajstić information content (AvgIpc) is 3.39. The van der Waals surface area contributed by atoms with Crippen molar-refractivity contribution in [3.05, 3.63) is 63.6 Å². The van der Waals surface area contributed by atoms with Crippen molar-refractivity contribution >= 4 is 61.4 Å². The van der Waals surface area contributed by atoms with E-state index in [-0.39, 0.29) is 23.9 Å². The summed E-state index contributed by atoms with van der Waals surface area (Å²) in [5, 5.41) is 9.04. The van der Waals surface area contributed by atoms with Crippen molar-refractivity contribution in [3.8, 4) is 0 Å². The second-order valence-corrected chi connectivity index (χ2v) is 12.0. The van der Waals surface area contributed by atoms with Crippen molar-refractivity contribution in [2.24, 2.45) is 5.10 Å². The van der Waals surface area contributed by atoms with E-state index in [2.05, 4.69) is 16.2 Å². The number of benzene rings is 2. The summed E-state index contributed by atoms with van der Waals surface area (Å²) in [6, 6.07) is 10.4. The number of halogens is 1. The van der Waals surface area contributed by atoms with E-state index in [1.54, 1.807) is 41.6 Å². The zero-order valence-corrected chi connectivity index (χ0v) is 22.2. The number of hydrogen-bond donors (Lipinski definition) is 0. The van der Waals surface area contributed by atoms with Gasteiger partial charge in [0.05, 0.1) is 16.3 Å². The standard InChI is InChI=1S/C25H26ClN5O3S2/c1-2-28-30-9-7-18(8-10-30)23-17-27-24(35-23)25(32)29-11-13-31(14-12-29)36(33,34)22-6-4-19-15-21(26)5-3-20(19)16-22/h2-7,15-17H,8-14H2,1H3/b28-2+. The zero-order chi connectivity index (χ0) is 25.3. The van der Waals surface area contributed by atoms with Crippen LogP contribution in [-0.2, 0) is 10.0 Å². The number of hydrogen-bond acceptors (Lipinski definition) is 7. The summed E-state index contributed by atoms with van der Waals surface area (Å²) in [4.78, 5) is 20.4. The van der Waals surface area contributed by atoms with Crippen molar-refractivity contribution < 1.29 is 13.2 Å². The van der Waals surface area contributed by atoms with Gasteiger partial charge in [-0.15, -0.1) is 11.3 Å². The molecule has 3 aromatic rings. The molecule has 1 aromatic heterocycles. The van der Waals surface area contributed by atoms with Crippen LogP contribution >= 0.6 is 22.9 Å². The number of nitrogens with zero attached hydrogens (tertiary/aromatic N) is 5. The maximum atomic E-state index is 13.3. The fourth-order valence-corrected chi connectivity index (χ4v) is 7.03. The molecule has 11 heteroatoms. The number of hydrazone groups is 1. The highest BCUT2D eigenvalue weighted by Crippen LogP contribution is 2.29. The highest BCUT2D eigenvalue weighted by atomic mass is 35.5. The van der Waals surface area contributed by atoms with E-state index in [9.17, 15) is 13.2 Å². The highest BCUT2D eigenvalue weighted by Gasteiger charge is 2.31. The van der Waals surface area contributed by atoms with Gasteiger partial charge in [0.1, 0.15) is 0 Å². The van der Waals surface area contributed by atoms with Crippen molar-refractivity contribution in [2.45, 2.75) is 18.2 Å². The van der Waals surface area contributed by atoms with Crippen LogP contribution in [0.15, 0.2) is 58.7 Å². The van der Waals surface area contributed by atoms with Crippen LogP contribution in [0, 0.1) is 0 Å². The summed E-state index contributed by atoms with van der Waals surface area (Å²) in [5.41, 5.74) is 1.18. The first kappa shape index (κ1) is 24.9. The Morgan fingerprint density at radius 1 is 1.08 bits per heavy atom. The minimum absolute atomic E-state index is 0.153. The smallest absolute Gasteiger partial charge is 0.282 e. The predicted octanol–water partition coefficient (Wildman–Crippen LogP) is 4.19. The van der Waals surface area contributed by atoms with E-state index < -0.39 is 10.0 Å². The molecule has 2 aliphatic heterocycles. The van der Waals surface area contributed by atoms with E-state index in [4.69, 9.17) is 11.6 Å². The van der Waals surface area contributed by atoms with Gasteiger partial charge in [0, 0.05) is 50.2 Å². The quantitative estimate of drug-likeness (QED) is 0.450. The number of fused-ring (bicyclic) bond motifs is 1. The topological polar surface area (TPSA) is 86.2 Å². The average molecular weight is 544 g/mol. The molecule has 2 aliphatic rings. The number of sulfonamides is 1. The molecule has 0 N–H and O–H groups in total. The van der Waals surface area contributed by atoms with Gasteiger partial charge < -0.3 is 4.90 Å². The lowest BCUT2D eigenvalue weighted by Crippen LogP contribution is -2.50. The zero-order valence-electron chi connectivity index (χ0n) is 19.8. The SMILES string of the molecule is C/C=N/N1CC=C(c2cnc(C(=O)N3CCN(S(=O)(=O)c4ccc5cc(Cl)ccc5c4)CC3)s2)CC1. The van der Waals surface area contributed by atoms with E-state index in [0.717, 1.165) is 35.2 Å². The summed E-state index contributed by atoms with van der Waals surface area (Å²) in [6.07, 6.45) is 6.52. The van der Waals surface area contributed by atoms with Crippen LogP contribution in [0.25, 0.3) is 16.3 Å². The lowest BCUT2D eigenvalue weighted by atomic mass is 10.1. The first-order valence-corrected chi connectivity index (χ1v) is 14.4. The number of aromatic nitrogens is 1. The van der Waals surface area contributed by atoms with Crippen LogP contribution in [-0.4, -0.2) is 79.0 Å². The molecule has 0 saturated carbocycles. The van der Waals surface area contributed by atoms with E-state index in [1.807, 2.05) is 24.1 Å². The van der Waals surface area contributed by atoms with Crippen molar-refractivity contribution in [3.63, 3.8) is 0 Å². The van der Waals surface area contributed by atoms with Gasteiger partial charge in [-0.05, 0) is 54.0 Å². The monoisotopic (exact) mass is 543 g/mol. The molecule has 0 unspecified atom stereocenters. The molecule has 1 amide bonds. The third-order valence-corrected chi connectivity index (χ3v) is 9.60. The molecule has 1 saturated heterocycles. The number of carbonyl (C=O) groups excluding carboxylic acids is 1. The molecule has 0 bridgehead atoms. The number of amides is 1. The van der Waals surface area contributed by atoms with Crippen LogP contribution in [0.4, 0.5) is 0 Å². The number of carbonyl (C=O) groups is 1. The second kappa shape index (κ2) is 10.3. The van der Waals surface area contributed by atoms with Gasteiger partial charge in [-0.2, -0.15) is 9.41 Å². The summed E-state index contributed by atoms with van der Waals surface area (Å²) < 4.78 is 28.0. The van der Waals surface area contributed by atoms with Gasteiger partial charge >= 0.3 is 0 Å². The Labute approximate surface area is 219 Å². The Morgan fingerprint density at radius 3 is 2.56 bits per heavy atom. The van der Waals surface area contributed by atoms with Crippen LogP contribution < -0.4 is 0 Å². The lowest BCUT2D eigenvalue weighted by molar-refractivity contribution is 0.0697. The molecule has 0 atom stereocenters. The van der Waals surface area contributed by atoms with E-state index in [0.29, 0.717) is 23.1 Å². The Bertz CT molecular complexity index is 1460. The fourth-order valence-electron chi connectivity index (χ4n) is 4.44. The van der Waals surface area contributed by atoms with Gasteiger partial charge in [0.25, 0.3) is 5.91 Å². The molecule has 5 rings (SSSR count). The van der Waals surface area contributed by atoms with Gasteiger partial charge in [-0.3, -0.25) is 9.80 Å². The molecule has 188 valence electrons. The van der Waals surface area contributed by atoms with Gasteiger partial charge in [0.2, 0.25) is 10.0 Å². The third kappa shape index (κ3) is 5.04. The number of rotatable bonds is 5. The molecular weight excluding hydrogens is 518 g/mol. The maximum Gasteiger partial charge on any atom is 0.282 e. The molecular formula is C25H26ClN5O3S2. The van der Waals surface area contributed by atoms with Crippen molar-refractivity contribution in [1.82, 2.24) is 19.2 Å². The minimum atomic E-state index is -3.67. The van der Waals surface area contributed by atoms with Crippen molar-refractivity contribution in [1.29, 1.82) is 0 Å². The first-order chi connectivity index (χ1) is 17.3. The van der Waals surface area contributed by atoms with E-state index in [1.165, 1.54) is 21.2 Å². The Hall–Kier alpha value is -2.79. The highest BCUT2D eigenvalue weighted by molar-refractivity contribution is 7.89. The summed E-state index contributed by atoms with van der Waals surface area (Å²) in [6.45, 7) is 4.59. The normalized spacial score (nSPS) is 17.7. The summed E-state index contributed by atoms with van der Waals surface area (Å²) in [5.74, 6) is -0.153. The summed E-state index contributed by atoms with van der Waals surface area (Å²) in [7, 11) is -3.67. The number of piperazine rings is 1. The predicted molar refractivity (Wildman–Crippen MR) is 144 cm³/mol. The van der Waals surface area contributed by atoms with E-state index >= 15 is 0 Å². The van der Waals surface area contributed by atoms with Crippen LogP contribution in [0.5, 0.6) is 0 Å².